The molecule has 0 aliphatic heterocycles. The molecule has 2 aliphatic rings. The lowest BCUT2D eigenvalue weighted by atomic mass is 9.78. The third kappa shape index (κ3) is 8.93. The summed E-state index contributed by atoms with van der Waals surface area (Å²) in [5.74, 6) is 1.09. The number of esters is 2. The number of hydrogen-bond acceptors (Lipinski definition) is 4. The van der Waals surface area contributed by atoms with Gasteiger partial charge in [-0.1, -0.05) is 127 Å². The van der Waals surface area contributed by atoms with Gasteiger partial charge in [-0.3, -0.25) is 9.59 Å². The Balaban J connectivity index is 1.61. The third-order valence-electron chi connectivity index (χ3n) is 8.57. The molecule has 42 heavy (non-hydrogen) atoms. The highest BCUT2D eigenvalue weighted by Crippen LogP contribution is 2.46. The van der Waals surface area contributed by atoms with E-state index in [4.69, 9.17) is 9.47 Å². The van der Waals surface area contributed by atoms with E-state index in [-0.39, 0.29) is 11.9 Å². The molecule has 0 spiro atoms. The average Bonchev–Trinajstić information content (AvgIpc) is 3.01. The number of unbranched alkanes of at least 4 members (excludes halogenated alkanes) is 10. The Hall–Kier alpha value is -3.14. The number of hydrogen-bond donors (Lipinski definition) is 0. The van der Waals surface area contributed by atoms with Crippen LogP contribution in [0.3, 0.4) is 0 Å². The Morgan fingerprint density at radius 2 is 0.905 bits per heavy atom. The van der Waals surface area contributed by atoms with Gasteiger partial charge in [0.05, 0.1) is 0 Å². The van der Waals surface area contributed by atoms with E-state index in [0.717, 1.165) is 60.8 Å². The lowest BCUT2D eigenvalue weighted by molar-refractivity contribution is -0.140. The summed E-state index contributed by atoms with van der Waals surface area (Å²) >= 11 is 0. The van der Waals surface area contributed by atoms with E-state index in [1.54, 1.807) is 0 Å². The molecule has 0 heterocycles. The maximum Gasteiger partial charge on any atom is 0.310 e. The molecule has 0 aromatic heterocycles. The van der Waals surface area contributed by atoms with Gasteiger partial charge in [-0.2, -0.15) is 0 Å². The van der Waals surface area contributed by atoms with E-state index < -0.39 is 0 Å². The first-order valence-corrected chi connectivity index (χ1v) is 16.7. The Morgan fingerprint density at radius 1 is 0.524 bits per heavy atom. The lowest BCUT2D eigenvalue weighted by Gasteiger charge is -2.29. The highest BCUT2D eigenvalue weighted by Gasteiger charge is 2.31. The van der Waals surface area contributed by atoms with Crippen molar-refractivity contribution in [3.05, 3.63) is 82.3 Å². The fourth-order valence-electron chi connectivity index (χ4n) is 6.24. The number of benzene rings is 2. The molecule has 0 amide bonds. The highest BCUT2D eigenvalue weighted by atomic mass is 16.5. The number of allylic oxidation sites excluding steroid dienone is 4. The van der Waals surface area contributed by atoms with Crippen molar-refractivity contribution in [2.24, 2.45) is 0 Å². The minimum atomic E-state index is -0.163. The van der Waals surface area contributed by atoms with Crippen molar-refractivity contribution >= 4 is 23.1 Å². The summed E-state index contributed by atoms with van der Waals surface area (Å²) in [4.78, 5) is 26.2. The first kappa shape index (κ1) is 31.8. The van der Waals surface area contributed by atoms with E-state index in [1.165, 1.54) is 62.5 Å². The van der Waals surface area contributed by atoms with Crippen molar-refractivity contribution in [1.82, 2.24) is 0 Å². The standard InChI is InChI=1S/C38H50O4/c1-3-5-7-9-11-13-23-35(39)41-33-27-25-29-19-15-17-21-31(29)37(33)38-32-22-18-16-20-30(32)26-28-34(38)42-36(40)24-14-12-10-8-6-4-2/h15-22H,3-14,23-28H2,1-2H3. The summed E-state index contributed by atoms with van der Waals surface area (Å²) in [7, 11) is 0. The second-order valence-electron chi connectivity index (χ2n) is 11.9. The lowest BCUT2D eigenvalue weighted by Crippen LogP contribution is -2.17. The molecule has 2 aromatic carbocycles. The van der Waals surface area contributed by atoms with E-state index in [2.05, 4.69) is 50.2 Å². The van der Waals surface area contributed by atoms with E-state index in [9.17, 15) is 9.59 Å². The molecule has 0 saturated carbocycles. The molecule has 0 N–H and O–H groups in total. The van der Waals surface area contributed by atoms with E-state index in [1.807, 2.05) is 12.1 Å². The Bertz CT molecular complexity index is 1150. The van der Waals surface area contributed by atoms with E-state index in [0.29, 0.717) is 37.2 Å². The van der Waals surface area contributed by atoms with Gasteiger partial charge in [0, 0.05) is 36.8 Å². The van der Waals surface area contributed by atoms with Crippen LogP contribution in [0, 0.1) is 0 Å². The van der Waals surface area contributed by atoms with Gasteiger partial charge in [-0.15, -0.1) is 0 Å². The predicted octanol–water partition coefficient (Wildman–Crippen LogP) is 10.3. The smallest absolute Gasteiger partial charge is 0.310 e. The maximum absolute atomic E-state index is 13.1. The van der Waals surface area contributed by atoms with Crippen molar-refractivity contribution in [2.45, 2.75) is 129 Å². The van der Waals surface area contributed by atoms with Crippen molar-refractivity contribution < 1.29 is 19.1 Å². The maximum atomic E-state index is 13.1. The summed E-state index contributed by atoms with van der Waals surface area (Å²) in [6.45, 7) is 4.43. The molecule has 0 unspecified atom stereocenters. The summed E-state index contributed by atoms with van der Waals surface area (Å²) in [5, 5.41) is 0. The van der Waals surface area contributed by atoms with Crippen LogP contribution in [0.15, 0.2) is 60.0 Å². The molecular formula is C38H50O4. The first-order valence-electron chi connectivity index (χ1n) is 16.7. The van der Waals surface area contributed by atoms with Gasteiger partial charge in [0.1, 0.15) is 11.5 Å². The number of rotatable bonds is 17. The van der Waals surface area contributed by atoms with Crippen LogP contribution >= 0.6 is 0 Å². The van der Waals surface area contributed by atoms with Crippen LogP contribution in [0.5, 0.6) is 0 Å². The molecule has 4 rings (SSSR count). The second kappa shape index (κ2) is 17.1. The minimum absolute atomic E-state index is 0.163. The third-order valence-corrected chi connectivity index (χ3v) is 8.57. The first-order chi connectivity index (χ1) is 20.6. The molecule has 2 aliphatic carbocycles. The van der Waals surface area contributed by atoms with Gasteiger partial charge in [0.2, 0.25) is 0 Å². The van der Waals surface area contributed by atoms with Gasteiger partial charge in [0.15, 0.2) is 0 Å². The summed E-state index contributed by atoms with van der Waals surface area (Å²) < 4.78 is 12.4. The number of carbonyl (C=O) groups is 2. The summed E-state index contributed by atoms with van der Waals surface area (Å²) in [6, 6.07) is 16.8. The molecular weight excluding hydrogens is 520 g/mol. The zero-order chi connectivity index (χ0) is 29.6. The normalized spacial score (nSPS) is 14.4. The molecule has 0 bridgehead atoms. The fourth-order valence-corrected chi connectivity index (χ4v) is 6.24. The monoisotopic (exact) mass is 570 g/mol. The molecule has 4 heteroatoms. The fraction of sp³-hybridized carbons (Fsp3) is 0.526. The van der Waals surface area contributed by atoms with Gasteiger partial charge in [-0.05, 0) is 47.9 Å². The SMILES string of the molecule is CCCCCCCCC(=O)OC1=C(C2=C(OC(=O)CCCCCCCC)CCc3ccccc32)c2ccccc2CC1. The number of fused-ring (bicyclic) bond motifs is 2. The zero-order valence-corrected chi connectivity index (χ0v) is 26.0. The molecule has 2 aromatic rings. The predicted molar refractivity (Wildman–Crippen MR) is 172 cm³/mol. The molecule has 226 valence electrons. The van der Waals surface area contributed by atoms with Crippen LogP contribution in [0.4, 0.5) is 0 Å². The van der Waals surface area contributed by atoms with Crippen LogP contribution in [-0.4, -0.2) is 11.9 Å². The summed E-state index contributed by atoms with van der Waals surface area (Å²) in [5.41, 5.74) is 6.45. The van der Waals surface area contributed by atoms with E-state index >= 15 is 0 Å². The van der Waals surface area contributed by atoms with Crippen LogP contribution in [0.25, 0.3) is 11.1 Å². The topological polar surface area (TPSA) is 52.6 Å². The van der Waals surface area contributed by atoms with Crippen LogP contribution in [-0.2, 0) is 31.9 Å². The Labute approximate surface area is 253 Å². The van der Waals surface area contributed by atoms with Gasteiger partial charge >= 0.3 is 11.9 Å². The van der Waals surface area contributed by atoms with Crippen LogP contribution < -0.4 is 0 Å². The number of ether oxygens (including phenoxy) is 2. The van der Waals surface area contributed by atoms with Crippen molar-refractivity contribution in [3.8, 4) is 0 Å². The van der Waals surface area contributed by atoms with Crippen molar-refractivity contribution in [3.63, 3.8) is 0 Å². The molecule has 4 nitrogen and oxygen atoms in total. The average molecular weight is 571 g/mol. The van der Waals surface area contributed by atoms with Crippen molar-refractivity contribution in [1.29, 1.82) is 0 Å². The largest absolute Gasteiger partial charge is 0.430 e. The quantitative estimate of drug-likeness (QED) is 0.140. The Morgan fingerprint density at radius 3 is 1.33 bits per heavy atom. The molecule has 0 atom stereocenters. The van der Waals surface area contributed by atoms with Crippen molar-refractivity contribution in [2.75, 3.05) is 0 Å². The number of aryl methyl sites for hydroxylation is 2. The second-order valence-corrected chi connectivity index (χ2v) is 11.9. The van der Waals surface area contributed by atoms with Gasteiger partial charge in [-0.25, -0.2) is 0 Å². The van der Waals surface area contributed by atoms with Crippen LogP contribution in [0.2, 0.25) is 0 Å². The highest BCUT2D eigenvalue weighted by molar-refractivity contribution is 6.09. The molecule has 0 saturated heterocycles. The summed E-state index contributed by atoms with van der Waals surface area (Å²) in [6.07, 6.45) is 17.4. The van der Waals surface area contributed by atoms with Gasteiger partial charge < -0.3 is 9.47 Å². The number of carbonyl (C=O) groups excluding carboxylic acids is 2. The molecule has 0 fully saturated rings. The Kier molecular flexibility index (Phi) is 12.9. The zero-order valence-electron chi connectivity index (χ0n) is 26.0. The van der Waals surface area contributed by atoms with Crippen LogP contribution in [0.1, 0.15) is 139 Å². The minimum Gasteiger partial charge on any atom is -0.430 e. The molecule has 0 radical (unpaired) electrons. The van der Waals surface area contributed by atoms with Gasteiger partial charge in [0.25, 0.3) is 0 Å².